The zero-order chi connectivity index (χ0) is 31.8. The SMILES string of the molecule is Cc1ccncc1C(C(=O)NC1CCCC1)N(C(=O)c1cc(C(C)C)[nH]n1)c1ccc2c(c1)CN(C1CCC(=O)NC1=O)C2=O. The van der Waals surface area contributed by atoms with Crippen molar-refractivity contribution in [2.45, 2.75) is 89.9 Å². The van der Waals surface area contributed by atoms with E-state index in [1.807, 2.05) is 20.8 Å². The summed E-state index contributed by atoms with van der Waals surface area (Å²) < 4.78 is 0. The number of hydrogen-bond acceptors (Lipinski definition) is 7. The Bertz CT molecular complexity index is 1670. The maximum Gasteiger partial charge on any atom is 0.279 e. The number of benzene rings is 1. The number of H-pyrrole nitrogens is 1. The molecule has 1 saturated heterocycles. The van der Waals surface area contributed by atoms with Crippen molar-refractivity contribution in [2.24, 2.45) is 0 Å². The summed E-state index contributed by atoms with van der Waals surface area (Å²) in [6.45, 7) is 5.98. The number of imide groups is 1. The number of amides is 5. The second-order valence-corrected chi connectivity index (χ2v) is 12.4. The molecule has 0 bridgehead atoms. The lowest BCUT2D eigenvalue weighted by Gasteiger charge is -2.32. The van der Waals surface area contributed by atoms with E-state index in [9.17, 15) is 24.0 Å². The minimum atomic E-state index is -1.08. The number of piperidine rings is 1. The van der Waals surface area contributed by atoms with E-state index in [0.717, 1.165) is 36.9 Å². The number of hydrogen-bond donors (Lipinski definition) is 3. The van der Waals surface area contributed by atoms with Gasteiger partial charge < -0.3 is 10.2 Å². The molecule has 4 heterocycles. The predicted molar refractivity (Wildman–Crippen MR) is 164 cm³/mol. The summed E-state index contributed by atoms with van der Waals surface area (Å²) in [4.78, 5) is 73.7. The minimum absolute atomic E-state index is 0.00609. The van der Waals surface area contributed by atoms with Crippen LogP contribution in [0.2, 0.25) is 0 Å². The molecule has 3 aliphatic rings. The molecule has 234 valence electrons. The fourth-order valence-electron chi connectivity index (χ4n) is 6.47. The number of aryl methyl sites for hydroxylation is 1. The molecule has 0 radical (unpaired) electrons. The first-order valence-corrected chi connectivity index (χ1v) is 15.5. The van der Waals surface area contributed by atoms with E-state index >= 15 is 0 Å². The molecule has 3 aromatic rings. The van der Waals surface area contributed by atoms with Gasteiger partial charge in [0.05, 0.1) is 0 Å². The summed E-state index contributed by atoms with van der Waals surface area (Å²) >= 11 is 0. The summed E-state index contributed by atoms with van der Waals surface area (Å²) in [6.07, 6.45) is 7.43. The lowest BCUT2D eigenvalue weighted by molar-refractivity contribution is -0.137. The maximum atomic E-state index is 14.5. The molecular weight excluding hydrogens is 574 g/mol. The van der Waals surface area contributed by atoms with Gasteiger partial charge in [-0.3, -0.25) is 44.3 Å². The fraction of sp³-hybridized carbons (Fsp3) is 0.424. The Morgan fingerprint density at radius 3 is 2.53 bits per heavy atom. The van der Waals surface area contributed by atoms with Gasteiger partial charge in [0.1, 0.15) is 12.1 Å². The first kappa shape index (κ1) is 30.2. The Morgan fingerprint density at radius 2 is 1.84 bits per heavy atom. The third-order valence-corrected chi connectivity index (χ3v) is 9.03. The zero-order valence-corrected chi connectivity index (χ0v) is 25.6. The second kappa shape index (κ2) is 12.3. The Kier molecular flexibility index (Phi) is 8.22. The first-order chi connectivity index (χ1) is 21.6. The predicted octanol–water partition coefficient (Wildman–Crippen LogP) is 3.44. The fourth-order valence-corrected chi connectivity index (χ4v) is 6.47. The van der Waals surface area contributed by atoms with E-state index in [-0.39, 0.29) is 54.8 Å². The van der Waals surface area contributed by atoms with Crippen molar-refractivity contribution in [3.05, 3.63) is 76.4 Å². The first-order valence-electron chi connectivity index (χ1n) is 15.5. The van der Waals surface area contributed by atoms with Crippen molar-refractivity contribution in [1.29, 1.82) is 0 Å². The van der Waals surface area contributed by atoms with Crippen molar-refractivity contribution in [3.63, 3.8) is 0 Å². The van der Waals surface area contributed by atoms with Crippen LogP contribution in [0.15, 0.2) is 42.7 Å². The molecule has 1 aliphatic carbocycles. The van der Waals surface area contributed by atoms with Gasteiger partial charge in [0.25, 0.3) is 11.8 Å². The van der Waals surface area contributed by atoms with Crippen molar-refractivity contribution in [3.8, 4) is 0 Å². The zero-order valence-electron chi connectivity index (χ0n) is 25.6. The smallest absolute Gasteiger partial charge is 0.279 e. The highest BCUT2D eigenvalue weighted by Crippen LogP contribution is 2.36. The van der Waals surface area contributed by atoms with Crippen LogP contribution in [-0.4, -0.2) is 61.7 Å². The number of aromatic nitrogens is 3. The summed E-state index contributed by atoms with van der Waals surface area (Å²) in [5.41, 5.74) is 3.72. The van der Waals surface area contributed by atoms with Gasteiger partial charge in [0, 0.05) is 53.9 Å². The molecule has 5 amide bonds. The normalized spacial score (nSPS) is 19.1. The van der Waals surface area contributed by atoms with Crippen LogP contribution >= 0.6 is 0 Å². The van der Waals surface area contributed by atoms with Crippen molar-refractivity contribution in [2.75, 3.05) is 4.90 Å². The molecule has 6 rings (SSSR count). The molecule has 2 aliphatic heterocycles. The van der Waals surface area contributed by atoms with Crippen molar-refractivity contribution in [1.82, 2.24) is 30.7 Å². The molecule has 1 saturated carbocycles. The summed E-state index contributed by atoms with van der Waals surface area (Å²) in [7, 11) is 0. The maximum absolute atomic E-state index is 14.5. The summed E-state index contributed by atoms with van der Waals surface area (Å²) in [5, 5.41) is 12.8. The van der Waals surface area contributed by atoms with Crippen LogP contribution in [0.1, 0.15) is 108 Å². The molecule has 2 fully saturated rings. The number of anilines is 1. The molecular formula is C33H37N7O5. The molecule has 2 aromatic heterocycles. The number of carbonyl (C=O) groups is 5. The van der Waals surface area contributed by atoms with Gasteiger partial charge in [-0.1, -0.05) is 26.7 Å². The Labute approximate surface area is 261 Å². The lowest BCUT2D eigenvalue weighted by Crippen LogP contribution is -2.52. The Balaban J connectivity index is 1.43. The second-order valence-electron chi connectivity index (χ2n) is 12.4. The molecule has 3 N–H and O–H groups in total. The number of fused-ring (bicyclic) bond motifs is 1. The Hall–Kier alpha value is -4.87. The third kappa shape index (κ3) is 5.84. The molecule has 2 atom stereocenters. The van der Waals surface area contributed by atoms with Crippen LogP contribution in [0.4, 0.5) is 5.69 Å². The average molecular weight is 612 g/mol. The molecule has 1 aromatic carbocycles. The van der Waals surface area contributed by atoms with Crippen LogP contribution < -0.4 is 15.5 Å². The van der Waals surface area contributed by atoms with Crippen LogP contribution in [0.25, 0.3) is 0 Å². The minimum Gasteiger partial charge on any atom is -0.351 e. The molecule has 0 spiro atoms. The van der Waals surface area contributed by atoms with Crippen LogP contribution in [0.5, 0.6) is 0 Å². The van der Waals surface area contributed by atoms with E-state index in [2.05, 4.69) is 25.8 Å². The quantitative estimate of drug-likeness (QED) is 0.329. The van der Waals surface area contributed by atoms with Crippen LogP contribution in [-0.2, 0) is 20.9 Å². The van der Waals surface area contributed by atoms with E-state index in [4.69, 9.17) is 0 Å². The lowest BCUT2D eigenvalue weighted by atomic mass is 9.98. The average Bonchev–Trinajstić information content (AvgIpc) is 3.77. The molecule has 12 nitrogen and oxygen atoms in total. The summed E-state index contributed by atoms with van der Waals surface area (Å²) in [5.74, 6) is -1.90. The highest BCUT2D eigenvalue weighted by Gasteiger charge is 2.41. The van der Waals surface area contributed by atoms with E-state index < -0.39 is 23.9 Å². The molecule has 45 heavy (non-hydrogen) atoms. The largest absolute Gasteiger partial charge is 0.351 e. The van der Waals surface area contributed by atoms with Gasteiger partial charge in [-0.05, 0) is 73.6 Å². The van der Waals surface area contributed by atoms with E-state index in [1.165, 1.54) is 9.80 Å². The number of carbonyl (C=O) groups excluding carboxylic acids is 5. The number of nitrogens with one attached hydrogen (secondary N) is 3. The standard InChI is InChI=1S/C33H37N7O5/c1-18(2)25-15-26(38-37-25)33(45)40(29(24-16-34-13-12-19(24)3)31(43)35-21-6-4-5-7-21)22-8-9-23-20(14-22)17-39(32(23)44)27-10-11-28(41)36-30(27)42/h8-9,12-16,18,21,27,29H,4-7,10-11,17H2,1-3H3,(H,35,43)(H,37,38)(H,36,41,42). The van der Waals surface area contributed by atoms with Gasteiger partial charge in [-0.15, -0.1) is 0 Å². The van der Waals surface area contributed by atoms with Crippen molar-refractivity contribution >= 4 is 35.2 Å². The van der Waals surface area contributed by atoms with Gasteiger partial charge in [0.15, 0.2) is 5.69 Å². The third-order valence-electron chi connectivity index (χ3n) is 9.03. The van der Waals surface area contributed by atoms with Gasteiger partial charge in [-0.2, -0.15) is 5.10 Å². The number of rotatable bonds is 8. The molecule has 2 unspecified atom stereocenters. The highest BCUT2D eigenvalue weighted by atomic mass is 16.2. The van der Waals surface area contributed by atoms with Crippen LogP contribution in [0, 0.1) is 6.92 Å². The van der Waals surface area contributed by atoms with E-state index in [1.54, 1.807) is 42.7 Å². The van der Waals surface area contributed by atoms with Crippen molar-refractivity contribution < 1.29 is 24.0 Å². The number of nitrogens with zero attached hydrogens (tertiary/aromatic N) is 4. The van der Waals surface area contributed by atoms with E-state index in [0.29, 0.717) is 22.4 Å². The van der Waals surface area contributed by atoms with Gasteiger partial charge in [-0.25, -0.2) is 0 Å². The van der Waals surface area contributed by atoms with Crippen LogP contribution in [0.3, 0.4) is 0 Å². The monoisotopic (exact) mass is 611 g/mol. The highest BCUT2D eigenvalue weighted by molar-refractivity contribution is 6.10. The number of aromatic amines is 1. The topological polar surface area (TPSA) is 157 Å². The summed E-state index contributed by atoms with van der Waals surface area (Å²) in [6, 6.07) is 6.67. The Morgan fingerprint density at radius 1 is 1.07 bits per heavy atom. The molecule has 12 heteroatoms. The number of pyridine rings is 1. The van der Waals surface area contributed by atoms with Gasteiger partial charge >= 0.3 is 0 Å². The van der Waals surface area contributed by atoms with Gasteiger partial charge in [0.2, 0.25) is 17.7 Å².